The molecule has 2 rings (SSSR count). The van der Waals surface area contributed by atoms with Gasteiger partial charge in [-0.1, -0.05) is 0 Å². The highest BCUT2D eigenvalue weighted by Gasteiger charge is 2.24. The quantitative estimate of drug-likeness (QED) is 0.493. The predicted molar refractivity (Wildman–Crippen MR) is 64.1 cm³/mol. The van der Waals surface area contributed by atoms with Crippen molar-refractivity contribution in [2.75, 3.05) is 0 Å². The Morgan fingerprint density at radius 2 is 2.11 bits per heavy atom. The van der Waals surface area contributed by atoms with E-state index in [2.05, 4.69) is 4.98 Å². The first-order chi connectivity index (χ1) is 8.91. The summed E-state index contributed by atoms with van der Waals surface area (Å²) in [5, 5.41) is 11.8. The van der Waals surface area contributed by atoms with Crippen molar-refractivity contribution in [1.82, 2.24) is 4.98 Å². The Bertz CT molecular complexity index is 685. The minimum Gasteiger partial charge on any atom is -0.293 e. The van der Waals surface area contributed by atoms with Gasteiger partial charge in [0, 0.05) is 18.4 Å². The highest BCUT2D eigenvalue weighted by molar-refractivity contribution is 7.13. The van der Waals surface area contributed by atoms with Crippen LogP contribution in [0.2, 0.25) is 0 Å². The zero-order chi connectivity index (χ0) is 14.2. The molecule has 0 bridgehead atoms. The molecular formula is C11H6F2N2O3S. The number of rotatable bonds is 3. The first kappa shape index (κ1) is 13.2. The number of hydrogen-bond acceptors (Lipinski definition) is 5. The molecule has 0 radical (unpaired) electrons. The van der Waals surface area contributed by atoms with Crippen LogP contribution in [0.1, 0.15) is 17.4 Å². The molecule has 5 nitrogen and oxygen atoms in total. The summed E-state index contributed by atoms with van der Waals surface area (Å²) in [7, 11) is 0. The van der Waals surface area contributed by atoms with E-state index >= 15 is 0 Å². The van der Waals surface area contributed by atoms with E-state index in [-0.39, 0.29) is 16.5 Å². The average molecular weight is 284 g/mol. The van der Waals surface area contributed by atoms with Gasteiger partial charge in [0.2, 0.25) is 5.82 Å². The number of ketones is 1. The van der Waals surface area contributed by atoms with Gasteiger partial charge in [-0.3, -0.25) is 14.9 Å². The predicted octanol–water partition coefficient (Wildman–Crippen LogP) is 3.20. The van der Waals surface area contributed by atoms with Gasteiger partial charge in [-0.05, 0) is 6.07 Å². The number of carbonyl (C=O) groups is 1. The van der Waals surface area contributed by atoms with Crippen molar-refractivity contribution in [2.24, 2.45) is 0 Å². The Balaban J connectivity index is 2.63. The van der Waals surface area contributed by atoms with Crippen LogP contribution < -0.4 is 0 Å². The molecule has 0 amide bonds. The van der Waals surface area contributed by atoms with Gasteiger partial charge in [0.25, 0.3) is 0 Å². The number of hydrogen-bond donors (Lipinski definition) is 0. The van der Waals surface area contributed by atoms with E-state index in [9.17, 15) is 23.7 Å². The second-order valence-electron chi connectivity index (χ2n) is 3.61. The summed E-state index contributed by atoms with van der Waals surface area (Å²) in [5.74, 6) is -2.62. The van der Waals surface area contributed by atoms with Crippen molar-refractivity contribution in [3.8, 4) is 10.6 Å². The normalized spacial score (nSPS) is 10.5. The lowest BCUT2D eigenvalue weighted by Crippen LogP contribution is -1.98. The van der Waals surface area contributed by atoms with Crippen LogP contribution in [-0.4, -0.2) is 15.7 Å². The summed E-state index contributed by atoms with van der Waals surface area (Å²) < 4.78 is 27.5. The van der Waals surface area contributed by atoms with Crippen molar-refractivity contribution in [3.05, 3.63) is 45.0 Å². The topological polar surface area (TPSA) is 73.1 Å². The third-order valence-corrected chi connectivity index (χ3v) is 3.21. The highest BCUT2D eigenvalue weighted by atomic mass is 32.1. The zero-order valence-electron chi connectivity index (χ0n) is 9.52. The fraction of sp³-hybridized carbons (Fsp3) is 0.0909. The average Bonchev–Trinajstić information content (AvgIpc) is 2.78. The lowest BCUT2D eigenvalue weighted by molar-refractivity contribution is -0.387. The molecule has 0 unspecified atom stereocenters. The number of aromatic nitrogens is 1. The van der Waals surface area contributed by atoms with Crippen molar-refractivity contribution in [3.63, 3.8) is 0 Å². The molecule has 0 N–H and O–H groups in total. The third kappa shape index (κ3) is 2.34. The maximum absolute atomic E-state index is 13.9. The molecule has 0 aliphatic carbocycles. The summed E-state index contributed by atoms with van der Waals surface area (Å²) in [5.41, 5.74) is -1.37. The Morgan fingerprint density at radius 1 is 1.42 bits per heavy atom. The molecule has 0 fully saturated rings. The Hall–Kier alpha value is -2.22. The fourth-order valence-corrected chi connectivity index (χ4v) is 2.33. The van der Waals surface area contributed by atoms with E-state index in [1.807, 2.05) is 0 Å². The van der Waals surface area contributed by atoms with Crippen LogP contribution in [0.3, 0.4) is 0 Å². The molecule has 0 aliphatic rings. The summed E-state index contributed by atoms with van der Waals surface area (Å²) in [6.45, 7) is 1.26. The minimum atomic E-state index is -1.30. The lowest BCUT2D eigenvalue weighted by Gasteiger charge is -2.01. The van der Waals surface area contributed by atoms with E-state index < -0.39 is 27.8 Å². The summed E-state index contributed by atoms with van der Waals surface area (Å²) >= 11 is 0.845. The first-order valence-corrected chi connectivity index (χ1v) is 5.89. The van der Waals surface area contributed by atoms with E-state index in [1.165, 1.54) is 12.3 Å². The second-order valence-corrected chi connectivity index (χ2v) is 4.46. The smallest absolute Gasteiger partial charge is 0.293 e. The summed E-state index contributed by atoms with van der Waals surface area (Å²) in [6.07, 6.45) is 0. The number of halogens is 2. The first-order valence-electron chi connectivity index (χ1n) is 5.01. The van der Waals surface area contributed by atoms with E-state index in [4.69, 9.17) is 0 Å². The highest BCUT2D eigenvalue weighted by Crippen LogP contribution is 2.33. The molecule has 98 valence electrons. The van der Waals surface area contributed by atoms with Gasteiger partial charge in [-0.2, -0.15) is 4.39 Å². The van der Waals surface area contributed by atoms with Crippen LogP contribution in [0.4, 0.5) is 14.5 Å². The maximum atomic E-state index is 13.9. The molecule has 0 saturated heterocycles. The van der Waals surface area contributed by atoms with Gasteiger partial charge >= 0.3 is 5.69 Å². The van der Waals surface area contributed by atoms with Crippen LogP contribution in [0.5, 0.6) is 0 Å². The van der Waals surface area contributed by atoms with Crippen molar-refractivity contribution >= 4 is 22.8 Å². The minimum absolute atomic E-state index is 0.0605. The standard InChI is InChI=1S/C11H6F2N2O3S/c1-5(16)7-4-19-11(14-7)9-6(12)2-3-8(10(9)13)15(17)18/h2-4H,1H3. The number of Topliss-reactive ketones (excluding diaryl/α,β-unsaturated/α-hetero) is 1. The molecule has 8 heteroatoms. The summed E-state index contributed by atoms with van der Waals surface area (Å²) in [6, 6.07) is 1.54. The van der Waals surface area contributed by atoms with Crippen LogP contribution in [0.15, 0.2) is 17.5 Å². The van der Waals surface area contributed by atoms with Gasteiger partial charge in [0.15, 0.2) is 5.78 Å². The van der Waals surface area contributed by atoms with Gasteiger partial charge in [0.1, 0.15) is 16.5 Å². The molecule has 0 saturated carbocycles. The second kappa shape index (κ2) is 4.81. The Kier molecular flexibility index (Phi) is 3.34. The Labute approximate surface area is 109 Å². The van der Waals surface area contributed by atoms with Gasteiger partial charge in [-0.25, -0.2) is 9.37 Å². The van der Waals surface area contributed by atoms with Gasteiger partial charge < -0.3 is 0 Å². The van der Waals surface area contributed by atoms with Crippen LogP contribution >= 0.6 is 11.3 Å². The SMILES string of the molecule is CC(=O)c1csc(-c2c(F)ccc([N+](=O)[O-])c2F)n1. The maximum Gasteiger partial charge on any atom is 0.305 e. The van der Waals surface area contributed by atoms with Crippen molar-refractivity contribution < 1.29 is 18.5 Å². The molecule has 0 spiro atoms. The molecule has 1 aromatic carbocycles. The largest absolute Gasteiger partial charge is 0.305 e. The van der Waals surface area contributed by atoms with Crippen molar-refractivity contribution in [1.29, 1.82) is 0 Å². The van der Waals surface area contributed by atoms with Gasteiger partial charge in [0.05, 0.1) is 10.5 Å². The third-order valence-electron chi connectivity index (χ3n) is 2.35. The van der Waals surface area contributed by atoms with E-state index in [0.717, 1.165) is 23.5 Å². The molecule has 19 heavy (non-hydrogen) atoms. The van der Waals surface area contributed by atoms with Crippen molar-refractivity contribution in [2.45, 2.75) is 6.92 Å². The molecule has 2 aromatic rings. The number of nitrogens with zero attached hydrogens (tertiary/aromatic N) is 2. The monoisotopic (exact) mass is 284 g/mol. The van der Waals surface area contributed by atoms with E-state index in [0.29, 0.717) is 0 Å². The molecule has 0 aliphatic heterocycles. The van der Waals surface area contributed by atoms with E-state index in [1.54, 1.807) is 0 Å². The number of thiazole rings is 1. The molecule has 1 heterocycles. The lowest BCUT2D eigenvalue weighted by atomic mass is 10.2. The number of nitro benzene ring substituents is 1. The zero-order valence-corrected chi connectivity index (χ0v) is 10.3. The van der Waals surface area contributed by atoms with Crippen LogP contribution in [0, 0.1) is 21.7 Å². The number of carbonyl (C=O) groups excluding carboxylic acids is 1. The molecular weight excluding hydrogens is 278 g/mol. The molecule has 1 aromatic heterocycles. The fourth-order valence-electron chi connectivity index (χ4n) is 1.43. The number of nitro groups is 1. The van der Waals surface area contributed by atoms with Crippen LogP contribution in [0.25, 0.3) is 10.6 Å². The Morgan fingerprint density at radius 3 is 2.63 bits per heavy atom. The van der Waals surface area contributed by atoms with Crippen LogP contribution in [-0.2, 0) is 0 Å². The summed E-state index contributed by atoms with van der Waals surface area (Å²) in [4.78, 5) is 24.5. The van der Waals surface area contributed by atoms with Gasteiger partial charge in [-0.15, -0.1) is 11.3 Å². The molecule has 0 atom stereocenters. The number of benzene rings is 1.